The first-order chi connectivity index (χ1) is 9.33. The highest BCUT2D eigenvalue weighted by Gasteiger charge is 2.14. The summed E-state index contributed by atoms with van der Waals surface area (Å²) in [6, 6.07) is 0. The summed E-state index contributed by atoms with van der Waals surface area (Å²) in [4.78, 5) is 11.5. The van der Waals surface area contributed by atoms with Crippen LogP contribution in [0, 0.1) is 0 Å². The molecule has 1 saturated heterocycles. The van der Waals surface area contributed by atoms with Gasteiger partial charge in [0.1, 0.15) is 0 Å². The number of methoxy groups -OCH3 is 1. The molecule has 6 heteroatoms. The zero-order valence-electron chi connectivity index (χ0n) is 11.8. The molecule has 0 aromatic rings. The molecular formula is C13H26N2O3S. The highest BCUT2D eigenvalue weighted by molar-refractivity contribution is 7.99. The quantitative estimate of drug-likeness (QED) is 0.578. The van der Waals surface area contributed by atoms with E-state index in [0.29, 0.717) is 25.0 Å². The number of ether oxygens (including phenoxy) is 2. The van der Waals surface area contributed by atoms with Gasteiger partial charge in [-0.05, 0) is 19.3 Å². The van der Waals surface area contributed by atoms with E-state index < -0.39 is 0 Å². The van der Waals surface area contributed by atoms with Crippen molar-refractivity contribution in [1.29, 1.82) is 0 Å². The molecular weight excluding hydrogens is 264 g/mol. The Bertz CT molecular complexity index is 236. The molecule has 1 aliphatic heterocycles. The Labute approximate surface area is 120 Å². The van der Waals surface area contributed by atoms with Crippen molar-refractivity contribution in [2.45, 2.75) is 25.4 Å². The maximum Gasteiger partial charge on any atom is 0.230 e. The number of hydrogen-bond donors (Lipinski definition) is 2. The van der Waals surface area contributed by atoms with Crippen LogP contribution in [-0.2, 0) is 14.3 Å². The number of thioether (sulfide) groups is 1. The summed E-state index contributed by atoms with van der Waals surface area (Å²) in [6.07, 6.45) is 3.92. The van der Waals surface area contributed by atoms with E-state index in [2.05, 4.69) is 10.6 Å². The zero-order valence-corrected chi connectivity index (χ0v) is 12.6. The van der Waals surface area contributed by atoms with Crippen molar-refractivity contribution >= 4 is 17.7 Å². The minimum absolute atomic E-state index is 0.106. The summed E-state index contributed by atoms with van der Waals surface area (Å²) in [5.41, 5.74) is 0. The Hall–Kier alpha value is -0.300. The van der Waals surface area contributed by atoms with Gasteiger partial charge in [-0.3, -0.25) is 4.79 Å². The summed E-state index contributed by atoms with van der Waals surface area (Å²) < 4.78 is 10.5. The van der Waals surface area contributed by atoms with Crippen molar-refractivity contribution in [3.63, 3.8) is 0 Å². The third kappa shape index (κ3) is 9.27. The fraction of sp³-hybridized carbons (Fsp3) is 0.923. The number of hydrogen-bond acceptors (Lipinski definition) is 5. The summed E-state index contributed by atoms with van der Waals surface area (Å²) >= 11 is 1.66. The normalized spacial score (nSPS) is 19.3. The molecule has 112 valence electrons. The fourth-order valence-corrected chi connectivity index (χ4v) is 2.79. The van der Waals surface area contributed by atoms with E-state index in [9.17, 15) is 4.79 Å². The molecule has 1 atom stereocenters. The molecule has 0 radical (unpaired) electrons. The van der Waals surface area contributed by atoms with Gasteiger partial charge in [0.25, 0.3) is 0 Å². The lowest BCUT2D eigenvalue weighted by atomic mass is 10.1. The van der Waals surface area contributed by atoms with Crippen LogP contribution in [-0.4, -0.2) is 63.5 Å². The zero-order chi connectivity index (χ0) is 13.8. The molecule has 1 heterocycles. The van der Waals surface area contributed by atoms with E-state index in [0.717, 1.165) is 31.9 Å². The Morgan fingerprint density at radius 1 is 1.37 bits per heavy atom. The van der Waals surface area contributed by atoms with E-state index in [1.165, 1.54) is 12.8 Å². The van der Waals surface area contributed by atoms with Crippen LogP contribution in [0.1, 0.15) is 19.3 Å². The van der Waals surface area contributed by atoms with Crippen molar-refractivity contribution in [2.75, 3.05) is 51.5 Å². The number of carbonyl (C=O) groups is 1. The monoisotopic (exact) mass is 290 g/mol. The summed E-state index contributed by atoms with van der Waals surface area (Å²) in [5, 5.41) is 6.08. The Balaban J connectivity index is 1.87. The second kappa shape index (κ2) is 11.5. The van der Waals surface area contributed by atoms with Crippen molar-refractivity contribution in [3.05, 3.63) is 0 Å². The van der Waals surface area contributed by atoms with Crippen LogP contribution < -0.4 is 10.6 Å². The maximum atomic E-state index is 11.5. The lowest BCUT2D eigenvalue weighted by Gasteiger charge is -2.21. The third-order valence-corrected chi connectivity index (χ3v) is 3.99. The molecule has 2 N–H and O–H groups in total. The van der Waals surface area contributed by atoms with Gasteiger partial charge in [0, 0.05) is 39.1 Å². The van der Waals surface area contributed by atoms with Crippen LogP contribution in [0.5, 0.6) is 0 Å². The van der Waals surface area contributed by atoms with Crippen LogP contribution >= 0.6 is 11.8 Å². The predicted molar refractivity (Wildman–Crippen MR) is 78.7 cm³/mol. The van der Waals surface area contributed by atoms with Gasteiger partial charge < -0.3 is 20.1 Å². The first-order valence-electron chi connectivity index (χ1n) is 6.98. The van der Waals surface area contributed by atoms with Crippen LogP contribution in [0.2, 0.25) is 0 Å². The standard InChI is InChI=1S/C13H26N2O3S/c1-17-9-7-14-5-6-15-13(16)11-19-10-12-4-2-3-8-18-12/h12,14H,2-11H2,1H3,(H,15,16). The smallest absolute Gasteiger partial charge is 0.230 e. The van der Waals surface area contributed by atoms with Crippen molar-refractivity contribution in [1.82, 2.24) is 10.6 Å². The van der Waals surface area contributed by atoms with Gasteiger partial charge in [-0.2, -0.15) is 0 Å². The second-order valence-corrected chi connectivity index (χ2v) is 5.63. The Morgan fingerprint density at radius 3 is 3.00 bits per heavy atom. The second-order valence-electron chi connectivity index (χ2n) is 4.60. The first-order valence-corrected chi connectivity index (χ1v) is 8.14. The SMILES string of the molecule is COCCNCCNC(=O)CSCC1CCCCO1. The van der Waals surface area contributed by atoms with Gasteiger partial charge in [0.15, 0.2) is 0 Å². The lowest BCUT2D eigenvalue weighted by Crippen LogP contribution is -2.34. The predicted octanol–water partition coefficient (Wildman–Crippen LogP) is 0.641. The summed E-state index contributed by atoms with van der Waals surface area (Å²) in [5.74, 6) is 1.56. The van der Waals surface area contributed by atoms with Crippen LogP contribution in [0.25, 0.3) is 0 Å². The van der Waals surface area contributed by atoms with Gasteiger partial charge in [0.2, 0.25) is 5.91 Å². The number of rotatable bonds is 10. The Kier molecular flexibility index (Phi) is 10.2. The van der Waals surface area contributed by atoms with E-state index in [1.54, 1.807) is 18.9 Å². The first kappa shape index (κ1) is 16.8. The molecule has 1 aliphatic rings. The molecule has 1 amide bonds. The van der Waals surface area contributed by atoms with Crippen LogP contribution in [0.3, 0.4) is 0 Å². The molecule has 0 bridgehead atoms. The average molecular weight is 290 g/mol. The highest BCUT2D eigenvalue weighted by Crippen LogP contribution is 2.16. The molecule has 5 nitrogen and oxygen atoms in total. The van der Waals surface area contributed by atoms with Gasteiger partial charge >= 0.3 is 0 Å². The molecule has 0 aliphatic carbocycles. The maximum absolute atomic E-state index is 11.5. The molecule has 0 saturated carbocycles. The molecule has 19 heavy (non-hydrogen) atoms. The number of nitrogens with one attached hydrogen (secondary N) is 2. The molecule has 1 rings (SSSR count). The van der Waals surface area contributed by atoms with Gasteiger partial charge in [-0.15, -0.1) is 11.8 Å². The van der Waals surface area contributed by atoms with Crippen LogP contribution in [0.4, 0.5) is 0 Å². The third-order valence-electron chi connectivity index (χ3n) is 2.92. The average Bonchev–Trinajstić information content (AvgIpc) is 2.44. The largest absolute Gasteiger partial charge is 0.383 e. The van der Waals surface area contributed by atoms with Crippen molar-refractivity contribution in [2.24, 2.45) is 0 Å². The van der Waals surface area contributed by atoms with Gasteiger partial charge in [-0.25, -0.2) is 0 Å². The topological polar surface area (TPSA) is 59.6 Å². The van der Waals surface area contributed by atoms with E-state index >= 15 is 0 Å². The molecule has 1 fully saturated rings. The molecule has 1 unspecified atom stereocenters. The van der Waals surface area contributed by atoms with Crippen LogP contribution in [0.15, 0.2) is 0 Å². The van der Waals surface area contributed by atoms with Gasteiger partial charge in [-0.1, -0.05) is 0 Å². The highest BCUT2D eigenvalue weighted by atomic mass is 32.2. The minimum Gasteiger partial charge on any atom is -0.383 e. The minimum atomic E-state index is 0.106. The Morgan fingerprint density at radius 2 is 2.26 bits per heavy atom. The fourth-order valence-electron chi connectivity index (χ4n) is 1.86. The van der Waals surface area contributed by atoms with E-state index in [4.69, 9.17) is 9.47 Å². The summed E-state index contributed by atoms with van der Waals surface area (Å²) in [6.45, 7) is 3.85. The van der Waals surface area contributed by atoms with Gasteiger partial charge in [0.05, 0.1) is 18.5 Å². The van der Waals surface area contributed by atoms with Crippen molar-refractivity contribution < 1.29 is 14.3 Å². The van der Waals surface area contributed by atoms with E-state index in [-0.39, 0.29) is 5.91 Å². The number of amides is 1. The summed E-state index contributed by atoms with van der Waals surface area (Å²) in [7, 11) is 1.68. The molecule has 0 aromatic heterocycles. The molecule has 0 aromatic carbocycles. The molecule has 0 spiro atoms. The van der Waals surface area contributed by atoms with Crippen molar-refractivity contribution in [3.8, 4) is 0 Å². The number of carbonyl (C=O) groups excluding carboxylic acids is 1. The lowest BCUT2D eigenvalue weighted by molar-refractivity contribution is -0.118. The van der Waals surface area contributed by atoms with E-state index in [1.807, 2.05) is 0 Å².